The molecule has 0 radical (unpaired) electrons. The van der Waals surface area contributed by atoms with Crippen LogP contribution in [0.3, 0.4) is 0 Å². The Morgan fingerprint density at radius 2 is 2.00 bits per heavy atom. The average molecular weight is 387 g/mol. The molecule has 0 saturated carbocycles. The standard InChI is InChI=1S/C20H29N5O3/c1-15(2)13-17-23-19(16-5-3-4-7-25(16)17)20(27)22-14-18(26)21-6-8-24-9-11-28-12-10-24/h3-5,7,15H,6,8-14H2,1-2H3,(H,21,26)(H,22,27). The molecule has 0 atom stereocenters. The smallest absolute Gasteiger partial charge is 0.272 e. The highest BCUT2D eigenvalue weighted by Crippen LogP contribution is 2.15. The maximum Gasteiger partial charge on any atom is 0.272 e. The van der Waals surface area contributed by atoms with Crippen LogP contribution in [0.1, 0.15) is 30.2 Å². The van der Waals surface area contributed by atoms with E-state index < -0.39 is 0 Å². The van der Waals surface area contributed by atoms with Gasteiger partial charge in [0.25, 0.3) is 5.91 Å². The van der Waals surface area contributed by atoms with Crippen molar-refractivity contribution in [3.8, 4) is 0 Å². The first-order valence-electron chi connectivity index (χ1n) is 9.85. The SMILES string of the molecule is CC(C)Cc1nc(C(=O)NCC(=O)NCCN2CCOCC2)c2ccccn12. The van der Waals surface area contributed by atoms with E-state index in [4.69, 9.17) is 4.74 Å². The van der Waals surface area contributed by atoms with Crippen molar-refractivity contribution < 1.29 is 14.3 Å². The van der Waals surface area contributed by atoms with Crippen molar-refractivity contribution in [2.24, 2.45) is 5.92 Å². The van der Waals surface area contributed by atoms with Gasteiger partial charge in [-0.25, -0.2) is 4.98 Å². The molecule has 28 heavy (non-hydrogen) atoms. The van der Waals surface area contributed by atoms with Gasteiger partial charge in [0.05, 0.1) is 25.3 Å². The van der Waals surface area contributed by atoms with Crippen molar-refractivity contribution >= 4 is 17.3 Å². The molecule has 8 nitrogen and oxygen atoms in total. The van der Waals surface area contributed by atoms with Gasteiger partial charge in [0.2, 0.25) is 5.91 Å². The van der Waals surface area contributed by atoms with Crippen LogP contribution in [0.15, 0.2) is 24.4 Å². The van der Waals surface area contributed by atoms with E-state index in [0.717, 1.165) is 50.6 Å². The highest BCUT2D eigenvalue weighted by atomic mass is 16.5. The van der Waals surface area contributed by atoms with Gasteiger partial charge < -0.3 is 19.8 Å². The molecule has 8 heteroatoms. The normalized spacial score (nSPS) is 15.1. The Balaban J connectivity index is 1.52. The number of ether oxygens (including phenoxy) is 1. The topological polar surface area (TPSA) is 88.0 Å². The molecular formula is C20H29N5O3. The molecule has 152 valence electrons. The number of hydrogen-bond acceptors (Lipinski definition) is 5. The minimum atomic E-state index is -0.331. The molecule has 2 N–H and O–H groups in total. The number of imidazole rings is 1. The predicted octanol–water partition coefficient (Wildman–Crippen LogP) is 0.711. The van der Waals surface area contributed by atoms with Gasteiger partial charge in [0, 0.05) is 38.8 Å². The largest absolute Gasteiger partial charge is 0.379 e. The molecule has 3 rings (SSSR count). The number of carbonyl (C=O) groups excluding carboxylic acids is 2. The number of aromatic nitrogens is 2. The number of amides is 2. The second-order valence-electron chi connectivity index (χ2n) is 7.42. The minimum absolute atomic E-state index is 0.0622. The number of fused-ring (bicyclic) bond motifs is 1. The van der Waals surface area contributed by atoms with E-state index in [2.05, 4.69) is 34.4 Å². The van der Waals surface area contributed by atoms with Crippen LogP contribution >= 0.6 is 0 Å². The second-order valence-corrected chi connectivity index (χ2v) is 7.42. The lowest BCUT2D eigenvalue weighted by Crippen LogP contribution is -2.43. The molecule has 2 amide bonds. The van der Waals surface area contributed by atoms with Crippen LogP contribution < -0.4 is 10.6 Å². The molecule has 3 heterocycles. The Hall–Kier alpha value is -2.45. The quantitative estimate of drug-likeness (QED) is 0.697. The molecule has 1 aliphatic rings. The number of hydrogen-bond donors (Lipinski definition) is 2. The van der Waals surface area contributed by atoms with Gasteiger partial charge in [-0.1, -0.05) is 19.9 Å². The maximum atomic E-state index is 12.6. The number of morpholine rings is 1. The van der Waals surface area contributed by atoms with Crippen LogP contribution in [0.2, 0.25) is 0 Å². The van der Waals surface area contributed by atoms with E-state index in [1.54, 1.807) is 0 Å². The number of nitrogens with one attached hydrogen (secondary N) is 2. The van der Waals surface area contributed by atoms with Gasteiger partial charge in [-0.05, 0) is 18.1 Å². The molecule has 2 aromatic rings. The van der Waals surface area contributed by atoms with E-state index >= 15 is 0 Å². The Morgan fingerprint density at radius 1 is 1.21 bits per heavy atom. The molecule has 1 aliphatic heterocycles. The summed E-state index contributed by atoms with van der Waals surface area (Å²) in [6.07, 6.45) is 2.69. The van der Waals surface area contributed by atoms with Crippen molar-refractivity contribution in [1.29, 1.82) is 0 Å². The zero-order valence-electron chi connectivity index (χ0n) is 16.6. The van der Waals surface area contributed by atoms with Crippen molar-refractivity contribution in [2.75, 3.05) is 45.9 Å². The average Bonchev–Trinajstić information content (AvgIpc) is 3.05. The third kappa shape index (κ3) is 5.30. The summed E-state index contributed by atoms with van der Waals surface area (Å²) in [5.74, 6) is 0.749. The van der Waals surface area contributed by atoms with E-state index in [0.29, 0.717) is 18.2 Å². The summed E-state index contributed by atoms with van der Waals surface area (Å²) in [5.41, 5.74) is 1.11. The molecule has 0 unspecified atom stereocenters. The van der Waals surface area contributed by atoms with Gasteiger partial charge >= 0.3 is 0 Å². The summed E-state index contributed by atoms with van der Waals surface area (Å²) in [6.45, 7) is 8.76. The molecule has 0 aliphatic carbocycles. The molecule has 0 spiro atoms. The Morgan fingerprint density at radius 3 is 2.75 bits per heavy atom. The van der Waals surface area contributed by atoms with Crippen LogP contribution in [-0.4, -0.2) is 72.0 Å². The van der Waals surface area contributed by atoms with E-state index in [9.17, 15) is 9.59 Å². The van der Waals surface area contributed by atoms with Crippen LogP contribution in [0.25, 0.3) is 5.52 Å². The third-order valence-corrected chi connectivity index (χ3v) is 4.69. The first-order valence-corrected chi connectivity index (χ1v) is 9.85. The summed E-state index contributed by atoms with van der Waals surface area (Å²) >= 11 is 0. The Kier molecular flexibility index (Phi) is 7.00. The van der Waals surface area contributed by atoms with Gasteiger partial charge in [0.15, 0.2) is 5.69 Å². The van der Waals surface area contributed by atoms with Gasteiger partial charge in [-0.3, -0.25) is 14.5 Å². The molecule has 0 bridgehead atoms. The van der Waals surface area contributed by atoms with E-state index in [1.165, 1.54) is 0 Å². The molecule has 2 aromatic heterocycles. The Bertz CT molecular complexity index is 811. The molecular weight excluding hydrogens is 358 g/mol. The number of pyridine rings is 1. The first kappa shape index (κ1) is 20.3. The number of rotatable bonds is 8. The van der Waals surface area contributed by atoms with Crippen LogP contribution in [0.5, 0.6) is 0 Å². The summed E-state index contributed by atoms with van der Waals surface area (Å²) in [5, 5.41) is 5.53. The fourth-order valence-corrected chi connectivity index (χ4v) is 3.26. The van der Waals surface area contributed by atoms with Crippen LogP contribution in [0.4, 0.5) is 0 Å². The van der Waals surface area contributed by atoms with Crippen LogP contribution in [-0.2, 0) is 16.0 Å². The first-order chi connectivity index (χ1) is 13.5. The summed E-state index contributed by atoms with van der Waals surface area (Å²) < 4.78 is 7.25. The van der Waals surface area contributed by atoms with Crippen molar-refractivity contribution in [1.82, 2.24) is 24.9 Å². The van der Waals surface area contributed by atoms with Crippen molar-refractivity contribution in [3.63, 3.8) is 0 Å². The summed E-state index contributed by atoms with van der Waals surface area (Å²) in [7, 11) is 0. The highest BCUT2D eigenvalue weighted by Gasteiger charge is 2.18. The third-order valence-electron chi connectivity index (χ3n) is 4.69. The highest BCUT2D eigenvalue weighted by molar-refractivity contribution is 6.00. The summed E-state index contributed by atoms with van der Waals surface area (Å²) in [4.78, 5) is 31.4. The zero-order valence-corrected chi connectivity index (χ0v) is 16.6. The van der Waals surface area contributed by atoms with Crippen LogP contribution in [0, 0.1) is 5.92 Å². The Labute approximate surface area is 165 Å². The van der Waals surface area contributed by atoms with E-state index in [1.807, 2.05) is 28.8 Å². The van der Waals surface area contributed by atoms with Gasteiger partial charge in [-0.15, -0.1) is 0 Å². The van der Waals surface area contributed by atoms with Gasteiger partial charge in [0.1, 0.15) is 5.82 Å². The lowest BCUT2D eigenvalue weighted by Gasteiger charge is -2.26. The van der Waals surface area contributed by atoms with Crippen molar-refractivity contribution in [2.45, 2.75) is 20.3 Å². The molecule has 0 aromatic carbocycles. The van der Waals surface area contributed by atoms with Gasteiger partial charge in [-0.2, -0.15) is 0 Å². The minimum Gasteiger partial charge on any atom is -0.379 e. The summed E-state index contributed by atoms with van der Waals surface area (Å²) in [6, 6.07) is 5.67. The molecule has 1 saturated heterocycles. The van der Waals surface area contributed by atoms with Crippen molar-refractivity contribution in [3.05, 3.63) is 35.9 Å². The second kappa shape index (κ2) is 9.66. The fraction of sp³-hybridized carbons (Fsp3) is 0.550. The number of carbonyl (C=O) groups is 2. The maximum absolute atomic E-state index is 12.6. The lowest BCUT2D eigenvalue weighted by atomic mass is 10.1. The monoisotopic (exact) mass is 387 g/mol. The fourth-order valence-electron chi connectivity index (χ4n) is 3.26. The molecule has 1 fully saturated rings. The zero-order chi connectivity index (χ0) is 19.9. The number of nitrogens with zero attached hydrogens (tertiary/aromatic N) is 3. The predicted molar refractivity (Wildman–Crippen MR) is 106 cm³/mol. The van der Waals surface area contributed by atoms with E-state index in [-0.39, 0.29) is 18.4 Å². The lowest BCUT2D eigenvalue weighted by molar-refractivity contribution is -0.120.